The highest BCUT2D eigenvalue weighted by Crippen LogP contribution is 2.28. The molecule has 0 saturated carbocycles. The number of rotatable bonds is 12. The van der Waals surface area contributed by atoms with Gasteiger partial charge in [-0.3, -0.25) is 15.0 Å². The number of ether oxygens (including phenoxy) is 1. The van der Waals surface area contributed by atoms with E-state index in [1.54, 1.807) is 51.5 Å². The molecular formula is C37H40Cl2N10O4S. The van der Waals surface area contributed by atoms with E-state index in [4.69, 9.17) is 27.9 Å². The molecule has 0 atom stereocenters. The summed E-state index contributed by atoms with van der Waals surface area (Å²) in [6.45, 7) is 10.7. The molecule has 7 aromatic rings. The third kappa shape index (κ3) is 8.93. The summed E-state index contributed by atoms with van der Waals surface area (Å²) < 4.78 is 37.4. The van der Waals surface area contributed by atoms with Crippen molar-refractivity contribution in [3.8, 4) is 28.5 Å². The third-order valence-electron chi connectivity index (χ3n) is 8.21. The third-order valence-corrected chi connectivity index (χ3v) is 10.4. The van der Waals surface area contributed by atoms with Crippen molar-refractivity contribution in [1.82, 2.24) is 49.7 Å². The summed E-state index contributed by atoms with van der Waals surface area (Å²) in [4.78, 5) is 12.2. The van der Waals surface area contributed by atoms with Crippen LogP contribution < -0.4 is 14.8 Å². The molecule has 14 nitrogen and oxygen atoms in total. The van der Waals surface area contributed by atoms with Crippen LogP contribution in [-0.2, 0) is 10.0 Å². The Morgan fingerprint density at radius 2 is 1.52 bits per heavy atom. The van der Waals surface area contributed by atoms with Crippen molar-refractivity contribution in [1.29, 1.82) is 0 Å². The standard InChI is InChI=1S/C23H27N5O3S.C14H13Cl2N5O/c1-16-9-10-21(17(2)13-16)31-12-5-4-11-24-32(29,30)20-8-6-7-19(15-20)23-26-25-22-14-18(3)27-28(22)23;1-7(2)17-14(22)11-6-12-18-19-13(21(12)20-11)8-3-4-9(15)10(16)5-8/h6-10,13-15,24,27H,4-5,11-12H2,1-3H3;3-7,20H,1-2H3,(H,17,22). The van der Waals surface area contributed by atoms with Crippen molar-refractivity contribution < 1.29 is 17.9 Å². The van der Waals surface area contributed by atoms with Gasteiger partial charge in [-0.1, -0.05) is 53.0 Å². The lowest BCUT2D eigenvalue weighted by Crippen LogP contribution is -2.30. The fraction of sp³-hybridized carbons (Fsp3) is 0.270. The molecule has 3 aromatic carbocycles. The average Bonchev–Trinajstić information content (AvgIpc) is 3.90. The Labute approximate surface area is 322 Å². The maximum Gasteiger partial charge on any atom is 0.269 e. The number of unbranched alkanes of at least 4 members (excludes halogenated alkanes) is 1. The number of aryl methyl sites for hydroxylation is 3. The van der Waals surface area contributed by atoms with Crippen LogP contribution in [0.4, 0.5) is 0 Å². The van der Waals surface area contributed by atoms with Gasteiger partial charge in [-0.2, -0.15) is 0 Å². The van der Waals surface area contributed by atoms with Crippen LogP contribution in [0.5, 0.6) is 5.75 Å². The second-order valence-corrected chi connectivity index (χ2v) is 15.6. The summed E-state index contributed by atoms with van der Waals surface area (Å²) >= 11 is 11.9. The van der Waals surface area contributed by atoms with E-state index < -0.39 is 10.0 Å². The van der Waals surface area contributed by atoms with Crippen molar-refractivity contribution in [2.75, 3.05) is 13.2 Å². The molecule has 4 heterocycles. The van der Waals surface area contributed by atoms with Crippen LogP contribution in [0, 0.1) is 20.8 Å². The zero-order chi connectivity index (χ0) is 38.6. The number of sulfonamides is 1. The van der Waals surface area contributed by atoms with Gasteiger partial charge in [0.05, 0.1) is 21.5 Å². The number of fused-ring (bicyclic) bond motifs is 2. The van der Waals surface area contributed by atoms with E-state index in [0.29, 0.717) is 63.8 Å². The first-order valence-corrected chi connectivity index (χ1v) is 19.4. The predicted octanol–water partition coefficient (Wildman–Crippen LogP) is 6.96. The molecule has 1 amide bonds. The summed E-state index contributed by atoms with van der Waals surface area (Å²) in [5.74, 6) is 1.79. The van der Waals surface area contributed by atoms with Crippen molar-refractivity contribution in [3.63, 3.8) is 0 Å². The topological polar surface area (TPSA) is 176 Å². The van der Waals surface area contributed by atoms with Crippen LogP contribution in [0.15, 0.2) is 77.7 Å². The molecule has 0 aliphatic carbocycles. The lowest BCUT2D eigenvalue weighted by Gasteiger charge is -2.10. The fourth-order valence-electron chi connectivity index (χ4n) is 5.61. The molecule has 54 heavy (non-hydrogen) atoms. The minimum absolute atomic E-state index is 0.0517. The first kappa shape index (κ1) is 38.5. The van der Waals surface area contributed by atoms with Crippen molar-refractivity contribution in [3.05, 3.63) is 105 Å². The van der Waals surface area contributed by atoms with Gasteiger partial charge in [0.25, 0.3) is 5.91 Å². The lowest BCUT2D eigenvalue weighted by atomic mass is 10.1. The number of carbonyl (C=O) groups excluding carboxylic acids is 1. The van der Waals surface area contributed by atoms with Crippen LogP contribution in [0.3, 0.4) is 0 Å². The summed E-state index contributed by atoms with van der Waals surface area (Å²) in [7, 11) is -3.63. The van der Waals surface area contributed by atoms with E-state index >= 15 is 0 Å². The van der Waals surface area contributed by atoms with Gasteiger partial charge in [-0.25, -0.2) is 22.2 Å². The van der Waals surface area contributed by atoms with Gasteiger partial charge in [-0.15, -0.1) is 20.4 Å². The number of benzene rings is 3. The number of aromatic amines is 2. The largest absolute Gasteiger partial charge is 0.493 e. The maximum atomic E-state index is 12.8. The van der Waals surface area contributed by atoms with Crippen LogP contribution >= 0.6 is 23.2 Å². The van der Waals surface area contributed by atoms with Crippen LogP contribution in [0.2, 0.25) is 10.0 Å². The molecule has 0 fully saturated rings. The molecule has 0 saturated heterocycles. The van der Waals surface area contributed by atoms with Gasteiger partial charge in [0, 0.05) is 41.5 Å². The maximum absolute atomic E-state index is 12.8. The second kappa shape index (κ2) is 16.4. The summed E-state index contributed by atoms with van der Waals surface area (Å²) in [5.41, 5.74) is 6.32. The van der Waals surface area contributed by atoms with Gasteiger partial charge in [-0.05, 0) is 89.4 Å². The number of nitrogens with zero attached hydrogens (tertiary/aromatic N) is 6. The summed E-state index contributed by atoms with van der Waals surface area (Å²) in [5, 5.41) is 26.3. The number of H-pyrrole nitrogens is 2. The number of hydrogen-bond donors (Lipinski definition) is 4. The zero-order valence-corrected chi connectivity index (χ0v) is 32.6. The molecule has 0 radical (unpaired) electrons. The highest BCUT2D eigenvalue weighted by molar-refractivity contribution is 7.89. The van der Waals surface area contributed by atoms with Crippen LogP contribution in [-0.4, -0.2) is 73.1 Å². The van der Waals surface area contributed by atoms with Gasteiger partial charge < -0.3 is 10.1 Å². The van der Waals surface area contributed by atoms with E-state index in [2.05, 4.69) is 46.7 Å². The quantitative estimate of drug-likeness (QED) is 0.0961. The number of halogens is 2. The van der Waals surface area contributed by atoms with E-state index in [1.807, 2.05) is 58.9 Å². The molecule has 282 valence electrons. The molecule has 4 aromatic heterocycles. The average molecular weight is 792 g/mol. The van der Waals surface area contributed by atoms with Gasteiger partial charge >= 0.3 is 0 Å². The highest BCUT2D eigenvalue weighted by atomic mass is 35.5. The zero-order valence-electron chi connectivity index (χ0n) is 30.3. The van der Waals surface area contributed by atoms with E-state index in [-0.39, 0.29) is 16.8 Å². The van der Waals surface area contributed by atoms with Gasteiger partial charge in [0.2, 0.25) is 10.0 Å². The monoisotopic (exact) mass is 790 g/mol. The summed E-state index contributed by atoms with van der Waals surface area (Å²) in [6, 6.07) is 21.5. The molecule has 0 aliphatic heterocycles. The number of hydrogen-bond acceptors (Lipinski definition) is 8. The normalized spacial score (nSPS) is 11.6. The Bertz CT molecular complexity index is 2540. The molecule has 0 aliphatic rings. The highest BCUT2D eigenvalue weighted by Gasteiger charge is 2.18. The Hall–Kier alpha value is -5.22. The first-order chi connectivity index (χ1) is 25.8. The molecule has 7 rings (SSSR count). The number of aromatic nitrogens is 8. The minimum Gasteiger partial charge on any atom is -0.493 e. The molecule has 4 N–H and O–H groups in total. The minimum atomic E-state index is -3.63. The second-order valence-electron chi connectivity index (χ2n) is 13.1. The SMILES string of the molecule is CC(C)NC(=O)c1cc2nnc(-c3ccc(Cl)c(Cl)c3)n2[nH]1.Cc1ccc(OCCCCNS(=O)(=O)c2cccc(-c3nnc4cc(C)[nH]n34)c2)c(C)c1. The Kier molecular flexibility index (Phi) is 11.7. The van der Waals surface area contributed by atoms with E-state index in [0.717, 1.165) is 29.0 Å². The smallest absolute Gasteiger partial charge is 0.269 e. The number of nitrogens with one attached hydrogen (secondary N) is 4. The van der Waals surface area contributed by atoms with E-state index in [1.165, 1.54) is 5.56 Å². The van der Waals surface area contributed by atoms with E-state index in [9.17, 15) is 13.2 Å². The van der Waals surface area contributed by atoms with Crippen molar-refractivity contribution in [2.24, 2.45) is 0 Å². The van der Waals surface area contributed by atoms with Gasteiger partial charge in [0.1, 0.15) is 11.4 Å². The van der Waals surface area contributed by atoms with Crippen molar-refractivity contribution in [2.45, 2.75) is 58.4 Å². The van der Waals surface area contributed by atoms with Crippen molar-refractivity contribution >= 4 is 50.4 Å². The molecule has 17 heteroatoms. The summed E-state index contributed by atoms with van der Waals surface area (Å²) in [6.07, 6.45) is 1.43. The number of amides is 1. The fourth-order valence-corrected chi connectivity index (χ4v) is 7.03. The lowest BCUT2D eigenvalue weighted by molar-refractivity contribution is 0.0937. The predicted molar refractivity (Wildman–Crippen MR) is 209 cm³/mol. The Morgan fingerprint density at radius 3 is 2.22 bits per heavy atom. The van der Waals surface area contributed by atoms with Crippen LogP contribution in [0.1, 0.15) is 54.0 Å². The first-order valence-electron chi connectivity index (χ1n) is 17.2. The van der Waals surface area contributed by atoms with Crippen LogP contribution in [0.25, 0.3) is 34.1 Å². The Morgan fingerprint density at radius 1 is 0.815 bits per heavy atom. The Balaban J connectivity index is 0.000000197. The molecule has 0 spiro atoms. The molecular weight excluding hydrogens is 751 g/mol. The molecule has 0 unspecified atom stereocenters. The molecule has 0 bridgehead atoms. The number of carbonyl (C=O) groups is 1. The van der Waals surface area contributed by atoms with Gasteiger partial charge in [0.15, 0.2) is 22.9 Å².